The Bertz CT molecular complexity index is 1270. The van der Waals surface area contributed by atoms with Gasteiger partial charge in [-0.15, -0.1) is 0 Å². The first kappa shape index (κ1) is 26.6. The second-order valence-corrected chi connectivity index (χ2v) is 15.6. The molecule has 5 heteroatoms. The summed E-state index contributed by atoms with van der Waals surface area (Å²) in [6, 6.07) is 32.6. The maximum absolute atomic E-state index is 6.40. The number of hydrogen-bond acceptors (Lipinski definition) is 4. The SMILES string of the molecule is CC(C)(C)[Si](C)(C)OCc1ccc(-c2ccc(OCc3ccccc3)nc2OCc2ccccc2)cc1. The molecule has 0 amide bonds. The highest BCUT2D eigenvalue weighted by atomic mass is 28.4. The smallest absolute Gasteiger partial charge is 0.225 e. The van der Waals surface area contributed by atoms with Crippen LogP contribution in [0, 0.1) is 0 Å². The molecule has 0 spiro atoms. The van der Waals surface area contributed by atoms with Crippen molar-refractivity contribution < 1.29 is 13.9 Å². The first-order valence-corrected chi connectivity index (χ1v) is 15.7. The maximum atomic E-state index is 6.40. The molecule has 0 saturated carbocycles. The Morgan fingerprint density at radius 1 is 0.622 bits per heavy atom. The standard InChI is InChI=1S/C32H37NO3Si/c1-32(2,3)37(4,5)36-24-27-16-18-28(19-17-27)29-20-21-30(34-22-25-12-8-6-9-13-25)33-31(29)35-23-26-14-10-7-11-15-26/h6-21H,22-24H2,1-5H3. The average molecular weight is 512 g/mol. The van der Waals surface area contributed by atoms with Crippen molar-refractivity contribution in [3.05, 3.63) is 114 Å². The molecule has 0 radical (unpaired) electrons. The molecule has 1 aromatic heterocycles. The van der Waals surface area contributed by atoms with Crippen LogP contribution in [0.2, 0.25) is 18.1 Å². The van der Waals surface area contributed by atoms with Crippen LogP contribution in [0.4, 0.5) is 0 Å². The third kappa shape index (κ3) is 7.31. The minimum Gasteiger partial charge on any atom is -0.473 e. The Morgan fingerprint density at radius 3 is 1.73 bits per heavy atom. The molecule has 192 valence electrons. The van der Waals surface area contributed by atoms with Crippen molar-refractivity contribution in [2.45, 2.75) is 58.7 Å². The van der Waals surface area contributed by atoms with E-state index in [1.54, 1.807) is 0 Å². The second kappa shape index (κ2) is 11.8. The lowest BCUT2D eigenvalue weighted by Gasteiger charge is -2.36. The monoisotopic (exact) mass is 511 g/mol. The van der Waals surface area contributed by atoms with E-state index in [0.29, 0.717) is 31.6 Å². The third-order valence-corrected chi connectivity index (χ3v) is 11.4. The fourth-order valence-electron chi connectivity index (χ4n) is 3.55. The Balaban J connectivity index is 1.52. The van der Waals surface area contributed by atoms with E-state index in [2.05, 4.69) is 58.1 Å². The third-order valence-electron chi connectivity index (χ3n) is 6.95. The van der Waals surface area contributed by atoms with E-state index >= 15 is 0 Å². The van der Waals surface area contributed by atoms with Gasteiger partial charge in [0, 0.05) is 11.6 Å². The lowest BCUT2D eigenvalue weighted by Crippen LogP contribution is -2.40. The van der Waals surface area contributed by atoms with E-state index in [9.17, 15) is 0 Å². The summed E-state index contributed by atoms with van der Waals surface area (Å²) in [5, 5.41) is 0.188. The van der Waals surface area contributed by atoms with Crippen molar-refractivity contribution in [2.24, 2.45) is 0 Å². The van der Waals surface area contributed by atoms with Crippen molar-refractivity contribution in [3.8, 4) is 22.9 Å². The van der Waals surface area contributed by atoms with Crippen LogP contribution in [0.5, 0.6) is 11.8 Å². The van der Waals surface area contributed by atoms with Gasteiger partial charge in [-0.3, -0.25) is 0 Å². The minimum atomic E-state index is -1.80. The number of nitrogens with zero attached hydrogens (tertiary/aromatic N) is 1. The highest BCUT2D eigenvalue weighted by Gasteiger charge is 2.37. The van der Waals surface area contributed by atoms with Gasteiger partial charge in [0.2, 0.25) is 11.8 Å². The largest absolute Gasteiger partial charge is 0.473 e. The summed E-state index contributed by atoms with van der Waals surface area (Å²) in [4.78, 5) is 4.73. The summed E-state index contributed by atoms with van der Waals surface area (Å²) >= 11 is 0. The predicted molar refractivity (Wildman–Crippen MR) is 153 cm³/mol. The molecule has 1 heterocycles. The molecule has 4 nitrogen and oxygen atoms in total. The average Bonchev–Trinajstić information content (AvgIpc) is 2.90. The molecule has 0 saturated heterocycles. The molecule has 0 atom stereocenters. The van der Waals surface area contributed by atoms with Gasteiger partial charge in [-0.2, -0.15) is 4.98 Å². The van der Waals surface area contributed by atoms with Crippen molar-refractivity contribution >= 4 is 8.32 Å². The van der Waals surface area contributed by atoms with Crippen molar-refractivity contribution in [1.82, 2.24) is 4.98 Å². The van der Waals surface area contributed by atoms with Crippen LogP contribution < -0.4 is 9.47 Å². The number of aromatic nitrogens is 1. The van der Waals surface area contributed by atoms with Crippen LogP contribution in [0.1, 0.15) is 37.5 Å². The summed E-state index contributed by atoms with van der Waals surface area (Å²) in [6.07, 6.45) is 0. The molecule has 0 fully saturated rings. The van der Waals surface area contributed by atoms with E-state index in [1.807, 2.05) is 72.8 Å². The first-order valence-electron chi connectivity index (χ1n) is 12.8. The molecule has 0 unspecified atom stereocenters. The molecule has 0 N–H and O–H groups in total. The Labute approximate surface area is 222 Å². The molecular formula is C32H37NO3Si. The zero-order valence-corrected chi connectivity index (χ0v) is 23.5. The molecule has 3 aromatic carbocycles. The van der Waals surface area contributed by atoms with E-state index < -0.39 is 8.32 Å². The molecule has 0 aliphatic carbocycles. The molecule has 0 aliphatic heterocycles. The number of ether oxygens (including phenoxy) is 2. The lowest BCUT2D eigenvalue weighted by molar-refractivity contribution is 0.268. The summed E-state index contributed by atoms with van der Waals surface area (Å²) in [5.41, 5.74) is 5.32. The lowest BCUT2D eigenvalue weighted by atomic mass is 10.1. The maximum Gasteiger partial charge on any atom is 0.225 e. The quantitative estimate of drug-likeness (QED) is 0.200. The fraction of sp³-hybridized carbons (Fsp3) is 0.281. The van der Waals surface area contributed by atoms with E-state index in [1.165, 1.54) is 0 Å². The number of rotatable bonds is 10. The topological polar surface area (TPSA) is 40.6 Å². The molecule has 37 heavy (non-hydrogen) atoms. The number of pyridine rings is 1. The summed E-state index contributed by atoms with van der Waals surface area (Å²) < 4.78 is 18.6. The van der Waals surface area contributed by atoms with Gasteiger partial charge in [-0.25, -0.2) is 0 Å². The Morgan fingerprint density at radius 2 is 1.16 bits per heavy atom. The van der Waals surface area contributed by atoms with Gasteiger partial charge in [-0.05, 0) is 46.5 Å². The van der Waals surface area contributed by atoms with Crippen LogP contribution in [0.25, 0.3) is 11.1 Å². The van der Waals surface area contributed by atoms with E-state index in [0.717, 1.165) is 27.8 Å². The van der Waals surface area contributed by atoms with Gasteiger partial charge in [0.1, 0.15) is 13.2 Å². The summed E-state index contributed by atoms with van der Waals surface area (Å²) in [6.45, 7) is 12.9. The van der Waals surface area contributed by atoms with Crippen molar-refractivity contribution in [1.29, 1.82) is 0 Å². The zero-order valence-electron chi connectivity index (χ0n) is 22.5. The molecule has 4 aromatic rings. The van der Waals surface area contributed by atoms with Crippen LogP contribution >= 0.6 is 0 Å². The number of benzene rings is 3. The van der Waals surface area contributed by atoms with Crippen LogP contribution in [-0.2, 0) is 24.2 Å². The Hall–Kier alpha value is -3.41. The number of hydrogen-bond donors (Lipinski definition) is 0. The highest BCUT2D eigenvalue weighted by molar-refractivity contribution is 6.74. The van der Waals surface area contributed by atoms with E-state index in [4.69, 9.17) is 18.9 Å². The highest BCUT2D eigenvalue weighted by Crippen LogP contribution is 2.37. The van der Waals surface area contributed by atoms with Gasteiger partial charge in [-0.1, -0.05) is 106 Å². The van der Waals surface area contributed by atoms with Gasteiger partial charge in [0.05, 0.1) is 6.61 Å². The van der Waals surface area contributed by atoms with Crippen LogP contribution in [0.15, 0.2) is 97.1 Å². The van der Waals surface area contributed by atoms with Crippen molar-refractivity contribution in [3.63, 3.8) is 0 Å². The molecule has 0 aliphatic rings. The molecule has 0 bridgehead atoms. The van der Waals surface area contributed by atoms with E-state index in [-0.39, 0.29) is 5.04 Å². The normalized spacial score (nSPS) is 11.8. The first-order chi connectivity index (χ1) is 17.7. The van der Waals surface area contributed by atoms with Crippen molar-refractivity contribution in [2.75, 3.05) is 0 Å². The van der Waals surface area contributed by atoms with Gasteiger partial charge < -0.3 is 13.9 Å². The molecular weight excluding hydrogens is 474 g/mol. The second-order valence-electron chi connectivity index (χ2n) is 10.8. The zero-order chi connectivity index (χ0) is 26.3. The fourth-order valence-corrected chi connectivity index (χ4v) is 4.51. The van der Waals surface area contributed by atoms with Gasteiger partial charge in [0.25, 0.3) is 0 Å². The van der Waals surface area contributed by atoms with Gasteiger partial charge >= 0.3 is 0 Å². The molecule has 4 rings (SSSR count). The Kier molecular flexibility index (Phi) is 8.47. The summed E-state index contributed by atoms with van der Waals surface area (Å²) in [7, 11) is -1.80. The van der Waals surface area contributed by atoms with Gasteiger partial charge in [0.15, 0.2) is 8.32 Å². The van der Waals surface area contributed by atoms with Crippen LogP contribution in [-0.4, -0.2) is 13.3 Å². The van der Waals surface area contributed by atoms with Crippen LogP contribution in [0.3, 0.4) is 0 Å². The predicted octanol–water partition coefficient (Wildman–Crippen LogP) is 8.43. The summed E-state index contributed by atoms with van der Waals surface area (Å²) in [5.74, 6) is 1.09. The minimum absolute atomic E-state index is 0.188.